The number of piperidine rings is 1. The van der Waals surface area contributed by atoms with E-state index in [9.17, 15) is 14.1 Å². The Morgan fingerprint density at radius 2 is 2.17 bits per heavy atom. The van der Waals surface area contributed by atoms with Gasteiger partial charge in [-0.1, -0.05) is 12.1 Å². The third kappa shape index (κ3) is 5.32. The minimum atomic E-state index is -0.974. The number of aliphatic hydroxyl groups is 1. The van der Waals surface area contributed by atoms with Gasteiger partial charge in [-0.2, -0.15) is 0 Å². The van der Waals surface area contributed by atoms with Gasteiger partial charge < -0.3 is 15.3 Å². The molecule has 1 aliphatic heterocycles. The molecule has 128 valence electrons. The summed E-state index contributed by atoms with van der Waals surface area (Å²) in [5.74, 6) is 0.468. The van der Waals surface area contributed by atoms with Gasteiger partial charge in [0.2, 0.25) is 0 Å². The first-order valence-electron chi connectivity index (χ1n) is 7.97. The van der Waals surface area contributed by atoms with Crippen LogP contribution < -0.4 is 5.32 Å². The van der Waals surface area contributed by atoms with Gasteiger partial charge in [0.25, 0.3) is 0 Å². The predicted octanol–water partition coefficient (Wildman–Crippen LogP) is 2.72. The molecular weight excluding hydrogens is 312 g/mol. The smallest absolute Gasteiger partial charge is 0.321 e. The van der Waals surface area contributed by atoms with Crippen molar-refractivity contribution >= 4 is 22.5 Å². The molecule has 0 aliphatic carbocycles. The highest BCUT2D eigenvalue weighted by atomic mass is 32.2. The van der Waals surface area contributed by atoms with Crippen molar-refractivity contribution in [3.05, 3.63) is 29.8 Å². The second-order valence-electron chi connectivity index (χ2n) is 6.97. The van der Waals surface area contributed by atoms with Crippen LogP contribution in [0.25, 0.3) is 0 Å². The fourth-order valence-corrected chi connectivity index (χ4v) is 3.36. The summed E-state index contributed by atoms with van der Waals surface area (Å²) in [7, 11) is -0.974. The molecule has 1 heterocycles. The van der Waals surface area contributed by atoms with E-state index in [-0.39, 0.29) is 10.8 Å². The monoisotopic (exact) mass is 338 g/mol. The Bertz CT molecular complexity index is 583. The van der Waals surface area contributed by atoms with Crippen LogP contribution in [0.15, 0.2) is 24.3 Å². The van der Waals surface area contributed by atoms with Crippen LogP contribution in [-0.4, -0.2) is 44.2 Å². The molecule has 5 nitrogen and oxygen atoms in total. The minimum absolute atomic E-state index is 0.196. The number of rotatable bonds is 3. The molecule has 0 saturated carbocycles. The molecule has 23 heavy (non-hydrogen) atoms. The highest BCUT2D eigenvalue weighted by molar-refractivity contribution is 7.85. The van der Waals surface area contributed by atoms with E-state index in [1.165, 1.54) is 0 Å². The Morgan fingerprint density at radius 3 is 2.83 bits per heavy atom. The minimum Gasteiger partial charge on any atom is -0.391 e. The molecular formula is C17H26N2O3S. The molecule has 0 unspecified atom stereocenters. The summed E-state index contributed by atoms with van der Waals surface area (Å²) in [4.78, 5) is 13.9. The van der Waals surface area contributed by atoms with E-state index in [1.54, 1.807) is 4.90 Å². The van der Waals surface area contributed by atoms with Crippen molar-refractivity contribution in [1.29, 1.82) is 0 Å². The van der Waals surface area contributed by atoms with Crippen LogP contribution in [0, 0.1) is 0 Å². The quantitative estimate of drug-likeness (QED) is 0.890. The van der Waals surface area contributed by atoms with E-state index < -0.39 is 16.9 Å². The molecule has 0 bridgehead atoms. The van der Waals surface area contributed by atoms with E-state index in [0.29, 0.717) is 24.5 Å². The number of hydrogen-bond acceptors (Lipinski definition) is 3. The Labute approximate surface area is 140 Å². The van der Waals surface area contributed by atoms with E-state index in [2.05, 4.69) is 5.32 Å². The summed E-state index contributed by atoms with van der Waals surface area (Å²) in [6, 6.07) is 7.27. The summed E-state index contributed by atoms with van der Waals surface area (Å²) >= 11 is 0. The number of benzene rings is 1. The van der Waals surface area contributed by atoms with Crippen molar-refractivity contribution in [3.63, 3.8) is 0 Å². The SMILES string of the molecule is CC(C)(C)[S@@](=O)Cc1cccc(NC(=O)N2CCC[C@@H](O)C2)c1. The normalized spacial score (nSPS) is 20.2. The summed E-state index contributed by atoms with van der Waals surface area (Å²) < 4.78 is 12.0. The molecule has 2 atom stereocenters. The highest BCUT2D eigenvalue weighted by Gasteiger charge is 2.22. The number of amides is 2. The van der Waals surface area contributed by atoms with Crippen molar-refractivity contribution in [2.75, 3.05) is 18.4 Å². The lowest BCUT2D eigenvalue weighted by Gasteiger charge is -2.30. The van der Waals surface area contributed by atoms with Crippen molar-refractivity contribution in [1.82, 2.24) is 4.90 Å². The van der Waals surface area contributed by atoms with Gasteiger partial charge in [0.05, 0.1) is 6.10 Å². The van der Waals surface area contributed by atoms with Crippen LogP contribution in [0.2, 0.25) is 0 Å². The third-order valence-corrected chi connectivity index (χ3v) is 5.80. The number of nitrogens with one attached hydrogen (secondary N) is 1. The average Bonchev–Trinajstić information content (AvgIpc) is 2.46. The molecule has 1 aromatic rings. The van der Waals surface area contributed by atoms with Gasteiger partial charge in [0.1, 0.15) is 0 Å². The number of carbonyl (C=O) groups excluding carboxylic acids is 1. The summed E-state index contributed by atoms with van der Waals surface area (Å²) in [5.41, 5.74) is 1.63. The van der Waals surface area contributed by atoms with Gasteiger partial charge in [-0.3, -0.25) is 4.21 Å². The van der Waals surface area contributed by atoms with Crippen LogP contribution >= 0.6 is 0 Å². The molecule has 1 fully saturated rings. The maximum absolute atomic E-state index is 12.2. The number of anilines is 1. The zero-order valence-corrected chi connectivity index (χ0v) is 14.9. The number of aliphatic hydroxyl groups excluding tert-OH is 1. The topological polar surface area (TPSA) is 69.6 Å². The van der Waals surface area contributed by atoms with Gasteiger partial charge >= 0.3 is 6.03 Å². The predicted molar refractivity (Wildman–Crippen MR) is 93.9 cm³/mol. The van der Waals surface area contributed by atoms with E-state index in [4.69, 9.17) is 0 Å². The molecule has 1 saturated heterocycles. The molecule has 1 aromatic carbocycles. The average molecular weight is 338 g/mol. The van der Waals surface area contributed by atoms with Crippen molar-refractivity contribution < 1.29 is 14.1 Å². The van der Waals surface area contributed by atoms with E-state index in [0.717, 1.165) is 18.4 Å². The Morgan fingerprint density at radius 1 is 1.43 bits per heavy atom. The fourth-order valence-electron chi connectivity index (χ4n) is 2.45. The van der Waals surface area contributed by atoms with Crippen molar-refractivity contribution in [3.8, 4) is 0 Å². The lowest BCUT2D eigenvalue weighted by atomic mass is 10.1. The number of β-amino-alcohol motifs (C(OH)–C–C–N with tert-alkyl or cyclic N) is 1. The molecule has 2 rings (SSSR count). The van der Waals surface area contributed by atoms with E-state index >= 15 is 0 Å². The lowest BCUT2D eigenvalue weighted by molar-refractivity contribution is 0.0883. The molecule has 1 aliphatic rings. The van der Waals surface area contributed by atoms with Gasteiger partial charge in [-0.25, -0.2) is 4.79 Å². The van der Waals surface area contributed by atoms with Crippen LogP contribution in [0.1, 0.15) is 39.2 Å². The lowest BCUT2D eigenvalue weighted by Crippen LogP contribution is -2.44. The largest absolute Gasteiger partial charge is 0.391 e. The number of carbonyl (C=O) groups is 1. The fraction of sp³-hybridized carbons (Fsp3) is 0.588. The molecule has 2 N–H and O–H groups in total. The first-order valence-corrected chi connectivity index (χ1v) is 9.29. The summed E-state index contributed by atoms with van der Waals surface area (Å²) in [6.45, 7) is 6.90. The zero-order chi connectivity index (χ0) is 17.0. The Kier molecular flexibility index (Phi) is 5.81. The highest BCUT2D eigenvalue weighted by Crippen LogP contribution is 2.19. The van der Waals surface area contributed by atoms with Crippen LogP contribution in [0.5, 0.6) is 0 Å². The second kappa shape index (κ2) is 7.45. The van der Waals surface area contributed by atoms with E-state index in [1.807, 2.05) is 45.0 Å². The molecule has 2 amide bonds. The van der Waals surface area contributed by atoms with Gasteiger partial charge in [0, 0.05) is 40.1 Å². The Balaban J connectivity index is 1.99. The molecule has 0 aromatic heterocycles. The van der Waals surface area contributed by atoms with Gasteiger partial charge in [-0.15, -0.1) is 0 Å². The van der Waals surface area contributed by atoms with Crippen LogP contribution in [0.3, 0.4) is 0 Å². The molecule has 6 heteroatoms. The maximum atomic E-state index is 12.2. The third-order valence-electron chi connectivity index (χ3n) is 3.84. The number of likely N-dealkylation sites (tertiary alicyclic amines) is 1. The van der Waals surface area contributed by atoms with Crippen LogP contribution in [0.4, 0.5) is 10.5 Å². The second-order valence-corrected chi connectivity index (χ2v) is 9.18. The molecule has 0 radical (unpaired) electrons. The number of nitrogens with zero attached hydrogens (tertiary/aromatic N) is 1. The van der Waals surface area contributed by atoms with Crippen molar-refractivity contribution in [2.45, 2.75) is 50.2 Å². The summed E-state index contributed by atoms with van der Waals surface area (Å²) in [5, 5.41) is 12.5. The zero-order valence-electron chi connectivity index (χ0n) is 14.0. The number of urea groups is 1. The van der Waals surface area contributed by atoms with Crippen molar-refractivity contribution in [2.24, 2.45) is 0 Å². The number of hydrogen-bond donors (Lipinski definition) is 2. The van der Waals surface area contributed by atoms with Gasteiger partial charge in [-0.05, 0) is 51.3 Å². The summed E-state index contributed by atoms with van der Waals surface area (Å²) in [6.07, 6.45) is 1.13. The first-order chi connectivity index (χ1) is 10.8. The first kappa shape index (κ1) is 17.9. The Hall–Kier alpha value is -1.40. The van der Waals surface area contributed by atoms with Gasteiger partial charge in [0.15, 0.2) is 0 Å². The standard InChI is InChI=1S/C17H26N2O3S/c1-17(2,3)23(22)12-13-6-4-7-14(10-13)18-16(21)19-9-5-8-15(20)11-19/h4,6-7,10,15,20H,5,8-9,11-12H2,1-3H3,(H,18,21)/t15-,23+/m1/s1. The van der Waals surface area contributed by atoms with Crippen LogP contribution in [-0.2, 0) is 16.6 Å². The molecule has 0 spiro atoms. The maximum Gasteiger partial charge on any atom is 0.321 e.